The number of guanidine groups is 1. The lowest BCUT2D eigenvalue weighted by atomic mass is 9.68. The van der Waals surface area contributed by atoms with Crippen molar-refractivity contribution >= 4 is 35.8 Å². The molecule has 1 spiro atoms. The number of carbonyl (C=O) groups excluding carboxylic acids is 1. The molecule has 3 aliphatic rings. The van der Waals surface area contributed by atoms with Crippen LogP contribution in [0.15, 0.2) is 4.99 Å². The van der Waals surface area contributed by atoms with Crippen LogP contribution >= 0.6 is 24.0 Å². The van der Waals surface area contributed by atoms with E-state index in [-0.39, 0.29) is 29.9 Å². The number of halogens is 1. The molecule has 0 radical (unpaired) electrons. The second-order valence-corrected chi connectivity index (χ2v) is 7.70. The number of aliphatic imine (C=N–C) groups is 1. The summed E-state index contributed by atoms with van der Waals surface area (Å²) < 4.78 is 0. The van der Waals surface area contributed by atoms with Crippen LogP contribution in [-0.4, -0.2) is 50.0 Å². The molecule has 1 aliphatic heterocycles. The van der Waals surface area contributed by atoms with E-state index in [1.165, 1.54) is 51.4 Å². The molecule has 1 saturated heterocycles. The minimum absolute atomic E-state index is 0. The minimum atomic E-state index is 0. The Hall–Kier alpha value is -0.530. The Morgan fingerprint density at radius 3 is 2.42 bits per heavy atom. The fourth-order valence-corrected chi connectivity index (χ4v) is 4.46. The van der Waals surface area contributed by atoms with Crippen LogP contribution in [0.3, 0.4) is 0 Å². The average Bonchev–Trinajstić information content (AvgIpc) is 3.16. The largest absolute Gasteiger partial charge is 0.354 e. The number of hydrogen-bond acceptors (Lipinski definition) is 2. The summed E-state index contributed by atoms with van der Waals surface area (Å²) in [7, 11) is 1.85. The van der Waals surface area contributed by atoms with Gasteiger partial charge in [-0.05, 0) is 43.4 Å². The summed E-state index contributed by atoms with van der Waals surface area (Å²) in [5, 5.41) is 6.45. The topological polar surface area (TPSA) is 56.7 Å². The van der Waals surface area contributed by atoms with Crippen LogP contribution in [0, 0.1) is 11.3 Å². The Bertz CT molecular complexity index is 444. The second kappa shape index (κ2) is 9.25. The Labute approximate surface area is 163 Å². The highest BCUT2D eigenvalue weighted by molar-refractivity contribution is 14.0. The SMILES string of the molecule is CN=C(NCCNC(=O)CC1CCCC1)N1CCC2(CCC2)C1.I. The molecular weight excluding hydrogens is 415 g/mol. The van der Waals surface area contributed by atoms with Gasteiger partial charge in [0.15, 0.2) is 5.96 Å². The third kappa shape index (κ3) is 4.99. The summed E-state index contributed by atoms with van der Waals surface area (Å²) in [6.07, 6.45) is 11.3. The number of nitrogens with one attached hydrogen (secondary N) is 2. The van der Waals surface area contributed by atoms with E-state index in [0.29, 0.717) is 24.3 Å². The van der Waals surface area contributed by atoms with E-state index in [9.17, 15) is 4.79 Å². The number of amides is 1. The van der Waals surface area contributed by atoms with Gasteiger partial charge in [0.2, 0.25) is 5.91 Å². The summed E-state index contributed by atoms with van der Waals surface area (Å²) in [5.41, 5.74) is 0.590. The first-order chi connectivity index (χ1) is 11.2. The van der Waals surface area contributed by atoms with Crippen LogP contribution in [0.5, 0.6) is 0 Å². The predicted molar refractivity (Wildman–Crippen MR) is 109 cm³/mol. The Balaban J connectivity index is 0.00000208. The van der Waals surface area contributed by atoms with Crippen LogP contribution in [-0.2, 0) is 4.79 Å². The third-order valence-electron chi connectivity index (χ3n) is 6.04. The van der Waals surface area contributed by atoms with Gasteiger partial charge in [-0.1, -0.05) is 19.3 Å². The van der Waals surface area contributed by atoms with Gasteiger partial charge in [-0.15, -0.1) is 24.0 Å². The standard InChI is InChI=1S/C18H32N4O.HI/c1-19-17(22-12-9-18(14-22)7-4-8-18)21-11-10-20-16(23)13-15-5-2-3-6-15;/h15H,2-14H2,1H3,(H,19,21)(H,20,23);1H. The van der Waals surface area contributed by atoms with Crippen LogP contribution in [0.1, 0.15) is 57.8 Å². The van der Waals surface area contributed by atoms with Gasteiger partial charge in [0.25, 0.3) is 0 Å². The zero-order valence-electron chi connectivity index (χ0n) is 15.0. The van der Waals surface area contributed by atoms with Crippen molar-refractivity contribution in [2.24, 2.45) is 16.3 Å². The maximum atomic E-state index is 11.9. The summed E-state index contributed by atoms with van der Waals surface area (Å²) >= 11 is 0. The molecule has 3 fully saturated rings. The Morgan fingerprint density at radius 1 is 1.12 bits per heavy atom. The first-order valence-electron chi connectivity index (χ1n) is 9.43. The Kier molecular flexibility index (Phi) is 7.62. The summed E-state index contributed by atoms with van der Waals surface area (Å²) in [5.74, 6) is 1.83. The molecule has 1 heterocycles. The van der Waals surface area contributed by atoms with Crippen LogP contribution in [0.4, 0.5) is 0 Å². The molecule has 138 valence electrons. The highest BCUT2D eigenvalue weighted by Crippen LogP contribution is 2.47. The van der Waals surface area contributed by atoms with E-state index in [1.807, 2.05) is 7.05 Å². The molecule has 5 nitrogen and oxygen atoms in total. The van der Waals surface area contributed by atoms with Crippen molar-refractivity contribution in [3.63, 3.8) is 0 Å². The molecule has 2 N–H and O–H groups in total. The fraction of sp³-hybridized carbons (Fsp3) is 0.889. The number of likely N-dealkylation sites (tertiary alicyclic amines) is 1. The normalized spacial score (nSPS) is 23.0. The molecular formula is C18H33IN4O. The first-order valence-corrected chi connectivity index (χ1v) is 9.43. The lowest BCUT2D eigenvalue weighted by molar-refractivity contribution is -0.121. The molecule has 0 aromatic carbocycles. The number of nitrogens with zero attached hydrogens (tertiary/aromatic N) is 2. The lowest BCUT2D eigenvalue weighted by Gasteiger charge is -2.38. The zero-order valence-corrected chi connectivity index (χ0v) is 17.3. The molecule has 0 aromatic heterocycles. The number of carbonyl (C=O) groups is 1. The molecule has 0 unspecified atom stereocenters. The fourth-order valence-electron chi connectivity index (χ4n) is 4.46. The molecule has 2 saturated carbocycles. The van der Waals surface area contributed by atoms with Gasteiger partial charge >= 0.3 is 0 Å². The van der Waals surface area contributed by atoms with Crippen molar-refractivity contribution in [1.82, 2.24) is 15.5 Å². The molecule has 0 aromatic rings. The molecule has 2 aliphatic carbocycles. The zero-order chi connectivity index (χ0) is 16.1. The van der Waals surface area contributed by atoms with E-state index in [0.717, 1.165) is 25.6 Å². The second-order valence-electron chi connectivity index (χ2n) is 7.70. The number of hydrogen-bond donors (Lipinski definition) is 2. The highest BCUT2D eigenvalue weighted by Gasteiger charge is 2.43. The van der Waals surface area contributed by atoms with Gasteiger partial charge in [-0.3, -0.25) is 9.79 Å². The predicted octanol–water partition coefficient (Wildman–Crippen LogP) is 2.75. The van der Waals surface area contributed by atoms with E-state index in [2.05, 4.69) is 20.5 Å². The van der Waals surface area contributed by atoms with Crippen LogP contribution in [0.25, 0.3) is 0 Å². The summed E-state index contributed by atoms with van der Waals surface area (Å²) in [6.45, 7) is 3.71. The molecule has 0 atom stereocenters. The molecule has 24 heavy (non-hydrogen) atoms. The van der Waals surface area contributed by atoms with Crippen molar-refractivity contribution in [2.45, 2.75) is 57.8 Å². The molecule has 6 heteroatoms. The monoisotopic (exact) mass is 448 g/mol. The van der Waals surface area contributed by atoms with E-state index >= 15 is 0 Å². The lowest BCUT2D eigenvalue weighted by Crippen LogP contribution is -2.44. The van der Waals surface area contributed by atoms with Crippen molar-refractivity contribution < 1.29 is 4.79 Å². The maximum absolute atomic E-state index is 11.9. The van der Waals surface area contributed by atoms with E-state index in [1.54, 1.807) is 0 Å². The van der Waals surface area contributed by atoms with Crippen molar-refractivity contribution in [2.75, 3.05) is 33.2 Å². The summed E-state index contributed by atoms with van der Waals surface area (Å²) in [6, 6.07) is 0. The molecule has 3 rings (SSSR count). The van der Waals surface area contributed by atoms with Gasteiger partial charge in [-0.2, -0.15) is 0 Å². The van der Waals surface area contributed by atoms with Crippen molar-refractivity contribution in [3.8, 4) is 0 Å². The van der Waals surface area contributed by atoms with Gasteiger partial charge in [-0.25, -0.2) is 0 Å². The van der Waals surface area contributed by atoms with E-state index in [4.69, 9.17) is 0 Å². The van der Waals surface area contributed by atoms with Gasteiger partial charge < -0.3 is 15.5 Å². The van der Waals surface area contributed by atoms with Gasteiger partial charge in [0.1, 0.15) is 0 Å². The highest BCUT2D eigenvalue weighted by atomic mass is 127. The quantitative estimate of drug-likeness (QED) is 0.294. The maximum Gasteiger partial charge on any atom is 0.220 e. The first kappa shape index (κ1) is 19.8. The minimum Gasteiger partial charge on any atom is -0.354 e. The third-order valence-corrected chi connectivity index (χ3v) is 6.04. The van der Waals surface area contributed by atoms with Gasteiger partial charge in [0.05, 0.1) is 0 Å². The summed E-state index contributed by atoms with van der Waals surface area (Å²) in [4.78, 5) is 18.7. The molecule has 1 amide bonds. The van der Waals surface area contributed by atoms with Crippen LogP contribution in [0.2, 0.25) is 0 Å². The smallest absolute Gasteiger partial charge is 0.220 e. The average molecular weight is 448 g/mol. The van der Waals surface area contributed by atoms with Crippen molar-refractivity contribution in [3.05, 3.63) is 0 Å². The Morgan fingerprint density at radius 2 is 1.83 bits per heavy atom. The molecule has 0 bridgehead atoms. The number of rotatable bonds is 5. The van der Waals surface area contributed by atoms with E-state index < -0.39 is 0 Å². The van der Waals surface area contributed by atoms with Crippen molar-refractivity contribution in [1.29, 1.82) is 0 Å². The van der Waals surface area contributed by atoms with Gasteiger partial charge in [0, 0.05) is 39.6 Å². The van der Waals surface area contributed by atoms with Crippen LogP contribution < -0.4 is 10.6 Å².